The Bertz CT molecular complexity index is 448. The number of rotatable bonds is 4. The molecule has 0 spiro atoms. The SMILES string of the molecule is CC(C)(C)CCOC(=O)CC1CNc2ccccc21. The zero-order valence-electron chi connectivity index (χ0n) is 12.0. The van der Waals surface area contributed by atoms with Crippen molar-refractivity contribution >= 4 is 11.7 Å². The summed E-state index contributed by atoms with van der Waals surface area (Å²) in [5.41, 5.74) is 2.59. The van der Waals surface area contributed by atoms with Crippen molar-refractivity contribution in [1.29, 1.82) is 0 Å². The second kappa shape index (κ2) is 5.64. The average molecular weight is 261 g/mol. The van der Waals surface area contributed by atoms with Gasteiger partial charge in [-0.3, -0.25) is 4.79 Å². The third-order valence-corrected chi connectivity index (χ3v) is 3.47. The van der Waals surface area contributed by atoms with E-state index in [0.717, 1.165) is 18.7 Å². The molecule has 3 heteroatoms. The molecular weight excluding hydrogens is 238 g/mol. The quantitative estimate of drug-likeness (QED) is 0.842. The summed E-state index contributed by atoms with van der Waals surface area (Å²) in [5, 5.41) is 3.33. The van der Waals surface area contributed by atoms with Crippen LogP contribution in [0.3, 0.4) is 0 Å². The number of hydrogen-bond acceptors (Lipinski definition) is 3. The number of anilines is 1. The molecule has 1 aromatic carbocycles. The number of para-hydroxylation sites is 1. The second-order valence-corrected chi connectivity index (χ2v) is 6.40. The van der Waals surface area contributed by atoms with Crippen molar-refractivity contribution in [2.24, 2.45) is 5.41 Å². The van der Waals surface area contributed by atoms with Gasteiger partial charge in [0.2, 0.25) is 0 Å². The summed E-state index contributed by atoms with van der Waals surface area (Å²) in [6.07, 6.45) is 1.37. The predicted octanol–water partition coefficient (Wildman–Crippen LogP) is 3.57. The van der Waals surface area contributed by atoms with Crippen LogP contribution < -0.4 is 5.32 Å². The van der Waals surface area contributed by atoms with Gasteiger partial charge in [-0.1, -0.05) is 39.0 Å². The first kappa shape index (κ1) is 13.9. The topological polar surface area (TPSA) is 38.3 Å². The lowest BCUT2D eigenvalue weighted by Gasteiger charge is -2.18. The zero-order chi connectivity index (χ0) is 13.9. The largest absolute Gasteiger partial charge is 0.466 e. The molecule has 0 aliphatic carbocycles. The molecule has 0 amide bonds. The van der Waals surface area contributed by atoms with Gasteiger partial charge in [-0.2, -0.15) is 0 Å². The summed E-state index contributed by atoms with van der Waals surface area (Å²) < 4.78 is 5.33. The Hall–Kier alpha value is -1.51. The smallest absolute Gasteiger partial charge is 0.306 e. The van der Waals surface area contributed by atoms with Gasteiger partial charge < -0.3 is 10.1 Å². The van der Waals surface area contributed by atoms with Crippen LogP contribution in [0.1, 0.15) is 45.1 Å². The number of hydrogen-bond donors (Lipinski definition) is 1. The summed E-state index contributed by atoms with van der Waals surface area (Å²) in [5.74, 6) is 0.158. The molecule has 0 fully saturated rings. The van der Waals surface area contributed by atoms with Crippen LogP contribution in [0.4, 0.5) is 5.69 Å². The Morgan fingerprint density at radius 2 is 2.11 bits per heavy atom. The number of ether oxygens (including phenoxy) is 1. The third kappa shape index (κ3) is 3.98. The van der Waals surface area contributed by atoms with Crippen molar-refractivity contribution in [3.63, 3.8) is 0 Å². The van der Waals surface area contributed by atoms with E-state index >= 15 is 0 Å². The fourth-order valence-corrected chi connectivity index (χ4v) is 2.27. The molecule has 1 atom stereocenters. The van der Waals surface area contributed by atoms with E-state index in [-0.39, 0.29) is 17.3 Å². The third-order valence-electron chi connectivity index (χ3n) is 3.47. The van der Waals surface area contributed by atoms with Gasteiger partial charge in [-0.25, -0.2) is 0 Å². The molecule has 1 unspecified atom stereocenters. The average Bonchev–Trinajstić information content (AvgIpc) is 2.71. The van der Waals surface area contributed by atoms with Crippen LogP contribution in [-0.4, -0.2) is 19.1 Å². The van der Waals surface area contributed by atoms with Gasteiger partial charge >= 0.3 is 5.97 Å². The monoisotopic (exact) mass is 261 g/mol. The van der Waals surface area contributed by atoms with Gasteiger partial charge in [0, 0.05) is 18.2 Å². The molecule has 0 bridgehead atoms. The van der Waals surface area contributed by atoms with E-state index in [4.69, 9.17) is 4.74 Å². The maximum Gasteiger partial charge on any atom is 0.306 e. The molecule has 0 aromatic heterocycles. The van der Waals surface area contributed by atoms with Crippen LogP contribution in [0.5, 0.6) is 0 Å². The van der Waals surface area contributed by atoms with Crippen molar-refractivity contribution in [3.8, 4) is 0 Å². The molecule has 104 valence electrons. The minimum atomic E-state index is -0.0900. The number of esters is 1. The van der Waals surface area contributed by atoms with Gasteiger partial charge in [0.05, 0.1) is 13.0 Å². The van der Waals surface area contributed by atoms with Crippen LogP contribution in [0.25, 0.3) is 0 Å². The summed E-state index contributed by atoms with van der Waals surface area (Å²) in [6.45, 7) is 7.80. The maximum atomic E-state index is 11.8. The molecule has 1 aliphatic heterocycles. The number of nitrogens with one attached hydrogen (secondary N) is 1. The highest BCUT2D eigenvalue weighted by molar-refractivity contribution is 5.72. The van der Waals surface area contributed by atoms with Gasteiger partial charge in [-0.15, -0.1) is 0 Å². The molecule has 1 aliphatic rings. The maximum absolute atomic E-state index is 11.8. The summed E-state index contributed by atoms with van der Waals surface area (Å²) >= 11 is 0. The first-order valence-electron chi connectivity index (χ1n) is 6.94. The van der Waals surface area contributed by atoms with Crippen LogP contribution in [0, 0.1) is 5.41 Å². The van der Waals surface area contributed by atoms with E-state index in [1.54, 1.807) is 0 Å². The van der Waals surface area contributed by atoms with Gasteiger partial charge in [0.15, 0.2) is 0 Å². The van der Waals surface area contributed by atoms with Crippen molar-refractivity contribution in [3.05, 3.63) is 29.8 Å². The highest BCUT2D eigenvalue weighted by Gasteiger charge is 2.24. The van der Waals surface area contributed by atoms with E-state index in [2.05, 4.69) is 38.2 Å². The Balaban J connectivity index is 1.81. The van der Waals surface area contributed by atoms with Crippen molar-refractivity contribution in [2.45, 2.75) is 39.5 Å². The zero-order valence-corrected chi connectivity index (χ0v) is 12.0. The van der Waals surface area contributed by atoms with E-state index in [0.29, 0.717) is 13.0 Å². The van der Waals surface area contributed by atoms with Crippen LogP contribution in [-0.2, 0) is 9.53 Å². The molecule has 0 radical (unpaired) electrons. The van der Waals surface area contributed by atoms with Crippen molar-refractivity contribution in [1.82, 2.24) is 0 Å². The first-order chi connectivity index (χ1) is 8.96. The van der Waals surface area contributed by atoms with Crippen LogP contribution in [0.2, 0.25) is 0 Å². The van der Waals surface area contributed by atoms with Crippen molar-refractivity contribution in [2.75, 3.05) is 18.5 Å². The molecule has 3 nitrogen and oxygen atoms in total. The van der Waals surface area contributed by atoms with E-state index in [1.807, 2.05) is 12.1 Å². The Kier molecular flexibility index (Phi) is 4.13. The second-order valence-electron chi connectivity index (χ2n) is 6.40. The Labute approximate surface area is 115 Å². The fraction of sp³-hybridized carbons (Fsp3) is 0.562. The van der Waals surface area contributed by atoms with E-state index in [9.17, 15) is 4.79 Å². The molecule has 1 N–H and O–H groups in total. The number of benzene rings is 1. The Morgan fingerprint density at radius 1 is 1.37 bits per heavy atom. The van der Waals surface area contributed by atoms with E-state index in [1.165, 1.54) is 5.56 Å². The minimum absolute atomic E-state index is 0.0900. The lowest BCUT2D eigenvalue weighted by atomic mass is 9.93. The minimum Gasteiger partial charge on any atom is -0.466 e. The summed E-state index contributed by atoms with van der Waals surface area (Å²) in [6, 6.07) is 8.17. The van der Waals surface area contributed by atoms with Gasteiger partial charge in [0.1, 0.15) is 0 Å². The molecule has 2 rings (SSSR count). The lowest BCUT2D eigenvalue weighted by Crippen LogP contribution is -2.16. The van der Waals surface area contributed by atoms with Crippen LogP contribution in [0.15, 0.2) is 24.3 Å². The normalized spacial score (nSPS) is 17.7. The molecule has 0 saturated carbocycles. The standard InChI is InChI=1S/C16H23NO2/c1-16(2,3)8-9-19-15(18)10-12-11-17-14-7-5-4-6-13(12)14/h4-7,12,17H,8-11H2,1-3H3. The summed E-state index contributed by atoms with van der Waals surface area (Å²) in [4.78, 5) is 11.8. The van der Waals surface area contributed by atoms with Crippen molar-refractivity contribution < 1.29 is 9.53 Å². The van der Waals surface area contributed by atoms with E-state index < -0.39 is 0 Å². The highest BCUT2D eigenvalue weighted by atomic mass is 16.5. The lowest BCUT2D eigenvalue weighted by molar-refractivity contribution is -0.144. The number of carbonyl (C=O) groups excluding carboxylic acids is 1. The number of carbonyl (C=O) groups is 1. The molecule has 1 heterocycles. The van der Waals surface area contributed by atoms with Gasteiger partial charge in [-0.05, 0) is 23.5 Å². The molecule has 0 saturated heterocycles. The molecule has 1 aromatic rings. The molecule has 19 heavy (non-hydrogen) atoms. The number of fused-ring (bicyclic) bond motifs is 1. The predicted molar refractivity (Wildman–Crippen MR) is 77.3 cm³/mol. The van der Waals surface area contributed by atoms with Crippen LogP contribution >= 0.6 is 0 Å². The van der Waals surface area contributed by atoms with Gasteiger partial charge in [0.25, 0.3) is 0 Å². The molecular formula is C16H23NO2. The highest BCUT2D eigenvalue weighted by Crippen LogP contribution is 2.33. The fourth-order valence-electron chi connectivity index (χ4n) is 2.27. The first-order valence-corrected chi connectivity index (χ1v) is 6.94. The summed E-state index contributed by atoms with van der Waals surface area (Å²) in [7, 11) is 0. The Morgan fingerprint density at radius 3 is 2.84 bits per heavy atom.